The molecule has 0 atom stereocenters. The summed E-state index contributed by atoms with van der Waals surface area (Å²) in [6.45, 7) is 1.30. The highest BCUT2D eigenvalue weighted by Gasteiger charge is 2.04. The van der Waals surface area contributed by atoms with Crippen LogP contribution < -0.4 is 10.6 Å². The molecule has 0 aliphatic heterocycles. The second-order valence-corrected chi connectivity index (χ2v) is 5.42. The summed E-state index contributed by atoms with van der Waals surface area (Å²) in [7, 11) is 0. The minimum atomic E-state index is -0.0632. The number of hydrogen-bond acceptors (Lipinski definition) is 2. The molecular weight excluding hydrogens is 307 g/mol. The van der Waals surface area contributed by atoms with Crippen molar-refractivity contribution in [3.8, 4) is 0 Å². The summed E-state index contributed by atoms with van der Waals surface area (Å²) < 4.78 is 0. The summed E-state index contributed by atoms with van der Waals surface area (Å²) >= 11 is 11.8. The maximum atomic E-state index is 11.8. The summed E-state index contributed by atoms with van der Waals surface area (Å²) in [6, 6.07) is 14.8. The molecule has 0 unspecified atom stereocenters. The number of nitrogens with one attached hydrogen (secondary N) is 2. The molecule has 0 heterocycles. The fraction of sp³-hybridized carbons (Fsp3) is 0.188. The third-order valence-electron chi connectivity index (χ3n) is 2.92. The molecule has 0 spiro atoms. The summed E-state index contributed by atoms with van der Waals surface area (Å²) in [5.41, 5.74) is 1.77. The SMILES string of the molecule is O=C(CCNCc1ccc(Cl)cc1)Nc1ccccc1Cl. The van der Waals surface area contributed by atoms with Gasteiger partial charge in [-0.2, -0.15) is 0 Å². The smallest absolute Gasteiger partial charge is 0.225 e. The van der Waals surface area contributed by atoms with Crippen molar-refractivity contribution in [1.82, 2.24) is 5.32 Å². The molecule has 0 bridgehead atoms. The first-order valence-electron chi connectivity index (χ1n) is 6.65. The van der Waals surface area contributed by atoms with Crippen molar-refractivity contribution in [2.24, 2.45) is 0 Å². The lowest BCUT2D eigenvalue weighted by molar-refractivity contribution is -0.116. The van der Waals surface area contributed by atoms with Gasteiger partial charge in [0.05, 0.1) is 10.7 Å². The highest BCUT2D eigenvalue weighted by molar-refractivity contribution is 6.33. The molecule has 2 aromatic carbocycles. The average Bonchev–Trinajstić information content (AvgIpc) is 2.48. The zero-order valence-corrected chi connectivity index (χ0v) is 12.9. The number of para-hydroxylation sites is 1. The topological polar surface area (TPSA) is 41.1 Å². The van der Waals surface area contributed by atoms with E-state index < -0.39 is 0 Å². The van der Waals surface area contributed by atoms with Crippen molar-refractivity contribution in [2.75, 3.05) is 11.9 Å². The standard InChI is InChI=1S/C16H16Cl2N2O/c17-13-7-5-12(6-8-13)11-19-10-9-16(21)20-15-4-2-1-3-14(15)18/h1-8,19H,9-11H2,(H,20,21). The molecule has 2 N–H and O–H groups in total. The molecule has 5 heteroatoms. The third kappa shape index (κ3) is 5.38. The Kier molecular flexibility index (Phi) is 6.05. The van der Waals surface area contributed by atoms with Crippen LogP contribution in [0.25, 0.3) is 0 Å². The molecule has 2 aromatic rings. The molecule has 21 heavy (non-hydrogen) atoms. The van der Waals surface area contributed by atoms with E-state index in [1.165, 1.54) is 0 Å². The number of halogens is 2. The van der Waals surface area contributed by atoms with Crippen LogP contribution in [-0.4, -0.2) is 12.5 Å². The fourth-order valence-corrected chi connectivity index (χ4v) is 2.12. The molecule has 2 rings (SSSR count). The van der Waals surface area contributed by atoms with Gasteiger partial charge >= 0.3 is 0 Å². The number of carbonyl (C=O) groups excluding carboxylic acids is 1. The van der Waals surface area contributed by atoms with Gasteiger partial charge in [0.1, 0.15) is 0 Å². The maximum Gasteiger partial charge on any atom is 0.225 e. The van der Waals surface area contributed by atoms with Crippen LogP contribution in [0.1, 0.15) is 12.0 Å². The van der Waals surface area contributed by atoms with Crippen molar-refractivity contribution < 1.29 is 4.79 Å². The fourth-order valence-electron chi connectivity index (χ4n) is 1.81. The van der Waals surface area contributed by atoms with Gasteiger partial charge in [0.2, 0.25) is 5.91 Å². The monoisotopic (exact) mass is 322 g/mol. The number of carbonyl (C=O) groups is 1. The normalized spacial score (nSPS) is 10.4. The van der Waals surface area contributed by atoms with Gasteiger partial charge in [0.15, 0.2) is 0 Å². The molecular formula is C16H16Cl2N2O. The van der Waals surface area contributed by atoms with Gasteiger partial charge in [0.25, 0.3) is 0 Å². The van der Waals surface area contributed by atoms with Gasteiger partial charge in [-0.1, -0.05) is 47.5 Å². The molecule has 0 aromatic heterocycles. The Morgan fingerprint density at radius 2 is 1.71 bits per heavy atom. The first-order chi connectivity index (χ1) is 10.1. The van der Waals surface area contributed by atoms with Gasteiger partial charge in [-0.3, -0.25) is 4.79 Å². The van der Waals surface area contributed by atoms with Crippen molar-refractivity contribution in [3.05, 3.63) is 64.1 Å². The number of hydrogen-bond donors (Lipinski definition) is 2. The zero-order chi connectivity index (χ0) is 15.1. The van der Waals surface area contributed by atoms with Gasteiger partial charge in [-0.25, -0.2) is 0 Å². The predicted octanol–water partition coefficient (Wildman–Crippen LogP) is 4.11. The van der Waals surface area contributed by atoms with E-state index in [-0.39, 0.29) is 5.91 Å². The minimum Gasteiger partial charge on any atom is -0.325 e. The van der Waals surface area contributed by atoms with Crippen molar-refractivity contribution in [3.63, 3.8) is 0 Å². The molecule has 0 radical (unpaired) electrons. The van der Waals surface area contributed by atoms with Crippen LogP contribution in [0.4, 0.5) is 5.69 Å². The van der Waals surface area contributed by atoms with Crippen molar-refractivity contribution >= 4 is 34.8 Å². The molecule has 0 fully saturated rings. The van der Waals surface area contributed by atoms with Crippen LogP contribution in [0.5, 0.6) is 0 Å². The summed E-state index contributed by atoms with van der Waals surface area (Å²) in [6.07, 6.45) is 0.388. The van der Waals surface area contributed by atoms with Crippen LogP contribution in [0.15, 0.2) is 48.5 Å². The average molecular weight is 323 g/mol. The Bertz CT molecular complexity index is 599. The highest BCUT2D eigenvalue weighted by atomic mass is 35.5. The van der Waals surface area contributed by atoms with Gasteiger partial charge in [-0.05, 0) is 29.8 Å². The van der Waals surface area contributed by atoms with Crippen LogP contribution >= 0.6 is 23.2 Å². The predicted molar refractivity (Wildman–Crippen MR) is 87.9 cm³/mol. The van der Waals surface area contributed by atoms with Crippen LogP contribution in [-0.2, 0) is 11.3 Å². The van der Waals surface area contributed by atoms with E-state index in [0.717, 1.165) is 10.6 Å². The van der Waals surface area contributed by atoms with E-state index in [1.54, 1.807) is 12.1 Å². The highest BCUT2D eigenvalue weighted by Crippen LogP contribution is 2.20. The lowest BCUT2D eigenvalue weighted by Crippen LogP contribution is -2.21. The molecule has 110 valence electrons. The third-order valence-corrected chi connectivity index (χ3v) is 3.50. The Morgan fingerprint density at radius 3 is 2.43 bits per heavy atom. The minimum absolute atomic E-state index is 0.0632. The second kappa shape index (κ2) is 8.03. The number of anilines is 1. The van der Waals surface area contributed by atoms with E-state index in [1.807, 2.05) is 36.4 Å². The molecule has 0 aliphatic rings. The van der Waals surface area contributed by atoms with Gasteiger partial charge in [-0.15, -0.1) is 0 Å². The number of benzene rings is 2. The van der Waals surface area contributed by atoms with E-state index >= 15 is 0 Å². The largest absolute Gasteiger partial charge is 0.325 e. The molecule has 0 saturated carbocycles. The second-order valence-electron chi connectivity index (χ2n) is 4.58. The van der Waals surface area contributed by atoms with Gasteiger partial charge < -0.3 is 10.6 Å². The van der Waals surface area contributed by atoms with Crippen molar-refractivity contribution in [1.29, 1.82) is 0 Å². The summed E-state index contributed by atoms with van der Waals surface area (Å²) in [5, 5.41) is 7.27. The number of rotatable bonds is 6. The van der Waals surface area contributed by atoms with Crippen LogP contribution in [0, 0.1) is 0 Å². The number of amides is 1. The summed E-state index contributed by atoms with van der Waals surface area (Å²) in [5.74, 6) is -0.0632. The molecule has 0 aliphatic carbocycles. The zero-order valence-electron chi connectivity index (χ0n) is 11.4. The Morgan fingerprint density at radius 1 is 1.00 bits per heavy atom. The quantitative estimate of drug-likeness (QED) is 0.786. The molecule has 3 nitrogen and oxygen atoms in total. The van der Waals surface area contributed by atoms with E-state index in [2.05, 4.69) is 10.6 Å². The Labute approximate surface area is 134 Å². The van der Waals surface area contributed by atoms with E-state index in [9.17, 15) is 4.79 Å². The first kappa shape index (κ1) is 15.8. The lowest BCUT2D eigenvalue weighted by atomic mass is 10.2. The van der Waals surface area contributed by atoms with E-state index in [0.29, 0.717) is 30.2 Å². The molecule has 0 saturated heterocycles. The van der Waals surface area contributed by atoms with Crippen LogP contribution in [0.2, 0.25) is 10.0 Å². The summed E-state index contributed by atoms with van der Waals surface area (Å²) in [4.78, 5) is 11.8. The van der Waals surface area contributed by atoms with E-state index in [4.69, 9.17) is 23.2 Å². The Hall–Kier alpha value is -1.55. The van der Waals surface area contributed by atoms with Gasteiger partial charge in [0, 0.05) is 24.5 Å². The van der Waals surface area contributed by atoms with Crippen LogP contribution in [0.3, 0.4) is 0 Å². The lowest BCUT2D eigenvalue weighted by Gasteiger charge is -2.08. The Balaban J connectivity index is 1.70. The van der Waals surface area contributed by atoms with Crippen molar-refractivity contribution in [2.45, 2.75) is 13.0 Å². The maximum absolute atomic E-state index is 11.8. The molecule has 1 amide bonds. The first-order valence-corrected chi connectivity index (χ1v) is 7.40.